The molecule has 24 heavy (non-hydrogen) atoms. The summed E-state index contributed by atoms with van der Waals surface area (Å²) in [5.41, 5.74) is 2.26. The van der Waals surface area contributed by atoms with E-state index >= 15 is 0 Å². The average Bonchev–Trinajstić information content (AvgIpc) is 3.41. The van der Waals surface area contributed by atoms with Gasteiger partial charge in [0.25, 0.3) is 0 Å². The molecule has 1 aliphatic carbocycles. The van der Waals surface area contributed by atoms with Crippen molar-refractivity contribution in [3.8, 4) is 0 Å². The van der Waals surface area contributed by atoms with E-state index in [1.165, 1.54) is 24.5 Å². The normalized spacial score (nSPS) is 16.5. The maximum Gasteiger partial charge on any atom is 0.241 e. The molecule has 1 aliphatic rings. The highest BCUT2D eigenvalue weighted by molar-refractivity contribution is 5.94. The quantitative estimate of drug-likeness (QED) is 0.835. The number of carbonyl (C=O) groups excluding carboxylic acids is 1. The number of carbonyl (C=O) groups is 1. The summed E-state index contributed by atoms with van der Waals surface area (Å²) in [5.74, 6) is 0.118. The molecule has 2 N–H and O–H groups in total. The lowest BCUT2D eigenvalue weighted by Gasteiger charge is -2.23. The van der Waals surface area contributed by atoms with Crippen molar-refractivity contribution in [1.82, 2.24) is 5.32 Å². The van der Waals surface area contributed by atoms with Crippen LogP contribution >= 0.6 is 0 Å². The predicted molar refractivity (Wildman–Crippen MR) is 94.3 cm³/mol. The van der Waals surface area contributed by atoms with Crippen molar-refractivity contribution in [3.05, 3.63) is 65.5 Å². The molecule has 0 heterocycles. The third-order valence-corrected chi connectivity index (χ3v) is 4.51. The van der Waals surface area contributed by atoms with Crippen LogP contribution in [0.2, 0.25) is 0 Å². The molecule has 1 saturated carbocycles. The van der Waals surface area contributed by atoms with Gasteiger partial charge in [0.05, 0.1) is 6.04 Å². The molecule has 2 aromatic rings. The number of amides is 1. The van der Waals surface area contributed by atoms with Crippen LogP contribution in [-0.2, 0) is 4.79 Å². The molecule has 1 amide bonds. The predicted octanol–water partition coefficient (Wildman–Crippen LogP) is 4.20. The number of hydrogen-bond acceptors (Lipinski definition) is 2. The highest BCUT2D eigenvalue weighted by atomic mass is 19.1. The van der Waals surface area contributed by atoms with Gasteiger partial charge in [0.2, 0.25) is 5.91 Å². The van der Waals surface area contributed by atoms with Crippen LogP contribution in [0, 0.1) is 18.7 Å². The van der Waals surface area contributed by atoms with Crippen molar-refractivity contribution >= 4 is 11.6 Å². The topological polar surface area (TPSA) is 41.1 Å². The molecule has 126 valence electrons. The smallest absolute Gasteiger partial charge is 0.241 e. The summed E-state index contributed by atoms with van der Waals surface area (Å²) in [4.78, 5) is 12.4. The molecular formula is C20H23FN2O. The molecule has 2 aromatic carbocycles. The molecule has 0 aromatic heterocycles. The summed E-state index contributed by atoms with van der Waals surface area (Å²) in [6.07, 6.45) is 2.37. The number of hydrogen-bond donors (Lipinski definition) is 2. The molecule has 0 saturated heterocycles. The Morgan fingerprint density at radius 3 is 2.50 bits per heavy atom. The number of benzene rings is 2. The van der Waals surface area contributed by atoms with Crippen molar-refractivity contribution in [2.24, 2.45) is 5.92 Å². The lowest BCUT2D eigenvalue weighted by atomic mass is 10.0. The van der Waals surface area contributed by atoms with Crippen molar-refractivity contribution < 1.29 is 9.18 Å². The lowest BCUT2D eigenvalue weighted by molar-refractivity contribution is -0.118. The Balaban J connectivity index is 1.65. The number of aryl methyl sites for hydroxylation is 1. The van der Waals surface area contributed by atoms with Crippen molar-refractivity contribution in [3.63, 3.8) is 0 Å². The van der Waals surface area contributed by atoms with E-state index in [0.29, 0.717) is 17.2 Å². The van der Waals surface area contributed by atoms with Crippen LogP contribution in [0.3, 0.4) is 0 Å². The Morgan fingerprint density at radius 1 is 1.17 bits per heavy atom. The zero-order chi connectivity index (χ0) is 17.1. The van der Waals surface area contributed by atoms with Gasteiger partial charge in [0.15, 0.2) is 0 Å². The number of anilines is 1. The maximum atomic E-state index is 13.6. The zero-order valence-corrected chi connectivity index (χ0v) is 14.1. The van der Waals surface area contributed by atoms with Crippen LogP contribution in [0.5, 0.6) is 0 Å². The third-order valence-electron chi connectivity index (χ3n) is 4.51. The Morgan fingerprint density at radius 2 is 1.88 bits per heavy atom. The highest BCUT2D eigenvalue weighted by Crippen LogP contribution is 2.41. The van der Waals surface area contributed by atoms with E-state index in [2.05, 4.69) is 22.8 Å². The van der Waals surface area contributed by atoms with Crippen molar-refractivity contribution in [2.75, 3.05) is 5.32 Å². The Kier molecular flexibility index (Phi) is 4.95. The van der Waals surface area contributed by atoms with Crippen LogP contribution in [0.1, 0.15) is 36.9 Å². The second-order valence-corrected chi connectivity index (χ2v) is 6.57. The van der Waals surface area contributed by atoms with Gasteiger partial charge in [-0.1, -0.05) is 36.4 Å². The second kappa shape index (κ2) is 7.14. The van der Waals surface area contributed by atoms with Gasteiger partial charge in [0.1, 0.15) is 5.82 Å². The van der Waals surface area contributed by atoms with Gasteiger partial charge >= 0.3 is 0 Å². The Hall–Kier alpha value is -2.20. The zero-order valence-electron chi connectivity index (χ0n) is 14.1. The summed E-state index contributed by atoms with van der Waals surface area (Å²) in [6, 6.07) is 14.8. The van der Waals surface area contributed by atoms with E-state index in [-0.39, 0.29) is 23.8 Å². The van der Waals surface area contributed by atoms with E-state index in [1.54, 1.807) is 19.1 Å². The first-order valence-corrected chi connectivity index (χ1v) is 8.42. The molecule has 4 heteroatoms. The van der Waals surface area contributed by atoms with Gasteiger partial charge in [-0.15, -0.1) is 0 Å². The molecule has 0 spiro atoms. The first kappa shape index (κ1) is 16.7. The van der Waals surface area contributed by atoms with Crippen LogP contribution in [0.25, 0.3) is 0 Å². The summed E-state index contributed by atoms with van der Waals surface area (Å²) in [5, 5.41) is 6.22. The van der Waals surface area contributed by atoms with E-state index < -0.39 is 0 Å². The van der Waals surface area contributed by atoms with Crippen LogP contribution < -0.4 is 10.6 Å². The van der Waals surface area contributed by atoms with Crippen LogP contribution in [0.4, 0.5) is 10.1 Å². The van der Waals surface area contributed by atoms with Crippen molar-refractivity contribution in [1.29, 1.82) is 0 Å². The fourth-order valence-corrected chi connectivity index (χ4v) is 2.86. The average molecular weight is 326 g/mol. The minimum Gasteiger partial charge on any atom is -0.325 e. The number of rotatable bonds is 6. The molecule has 0 aliphatic heterocycles. The fraction of sp³-hybridized carbons (Fsp3) is 0.350. The monoisotopic (exact) mass is 326 g/mol. The Bertz CT molecular complexity index is 713. The molecule has 2 unspecified atom stereocenters. The van der Waals surface area contributed by atoms with Crippen molar-refractivity contribution in [2.45, 2.75) is 38.8 Å². The molecule has 2 atom stereocenters. The van der Waals surface area contributed by atoms with Gasteiger partial charge in [-0.05, 0) is 55.9 Å². The van der Waals surface area contributed by atoms with E-state index in [9.17, 15) is 9.18 Å². The SMILES string of the molecule is Cc1ccc(NC(=O)C(C)NC(c2ccccc2)C2CC2)cc1F. The summed E-state index contributed by atoms with van der Waals surface area (Å²) in [7, 11) is 0. The molecule has 1 fully saturated rings. The van der Waals surface area contributed by atoms with Gasteiger partial charge < -0.3 is 5.32 Å². The van der Waals surface area contributed by atoms with E-state index in [1.807, 2.05) is 25.1 Å². The lowest BCUT2D eigenvalue weighted by Crippen LogP contribution is -2.40. The largest absolute Gasteiger partial charge is 0.325 e. The first-order valence-electron chi connectivity index (χ1n) is 8.42. The summed E-state index contributed by atoms with van der Waals surface area (Å²) in [6.45, 7) is 3.55. The maximum absolute atomic E-state index is 13.6. The molecule has 3 nitrogen and oxygen atoms in total. The third kappa shape index (κ3) is 4.01. The van der Waals surface area contributed by atoms with Crippen LogP contribution in [-0.4, -0.2) is 11.9 Å². The molecule has 0 bridgehead atoms. The van der Waals surface area contributed by atoms with Crippen LogP contribution in [0.15, 0.2) is 48.5 Å². The molecule has 0 radical (unpaired) electrons. The Labute approximate surface area is 142 Å². The number of nitrogens with one attached hydrogen (secondary N) is 2. The first-order chi connectivity index (χ1) is 11.5. The summed E-state index contributed by atoms with van der Waals surface area (Å²) < 4.78 is 13.6. The van der Waals surface area contributed by atoms with E-state index in [4.69, 9.17) is 0 Å². The minimum atomic E-state index is -0.361. The minimum absolute atomic E-state index is 0.153. The highest BCUT2D eigenvalue weighted by Gasteiger charge is 2.33. The van der Waals surface area contributed by atoms with Gasteiger partial charge in [0, 0.05) is 11.7 Å². The molecular weight excluding hydrogens is 303 g/mol. The molecule has 3 rings (SSSR count). The van der Waals surface area contributed by atoms with Gasteiger partial charge in [-0.2, -0.15) is 0 Å². The van der Waals surface area contributed by atoms with E-state index in [0.717, 1.165) is 0 Å². The summed E-state index contributed by atoms with van der Waals surface area (Å²) >= 11 is 0. The standard InChI is InChI=1S/C20H23FN2O/c1-13-8-11-17(12-18(13)21)23-20(24)14(2)22-19(16-9-10-16)15-6-4-3-5-7-15/h3-8,11-12,14,16,19,22H,9-10H2,1-2H3,(H,23,24). The van der Waals surface area contributed by atoms with Gasteiger partial charge in [-0.3, -0.25) is 10.1 Å². The number of halogens is 1. The van der Waals surface area contributed by atoms with Gasteiger partial charge in [-0.25, -0.2) is 4.39 Å². The second-order valence-electron chi connectivity index (χ2n) is 6.57. The fourth-order valence-electron chi connectivity index (χ4n) is 2.86.